The molecule has 5 heteroatoms. The molecule has 33 heavy (non-hydrogen) atoms. The van der Waals surface area contributed by atoms with Crippen LogP contribution < -0.4 is 0 Å². The van der Waals surface area contributed by atoms with Gasteiger partial charge in [-0.2, -0.15) is 0 Å². The van der Waals surface area contributed by atoms with Crippen molar-refractivity contribution in [2.24, 2.45) is 16.2 Å². The predicted molar refractivity (Wildman–Crippen MR) is 125 cm³/mol. The van der Waals surface area contributed by atoms with Gasteiger partial charge in [-0.1, -0.05) is 24.3 Å². The molecule has 0 unspecified atom stereocenters. The summed E-state index contributed by atoms with van der Waals surface area (Å²) in [5.74, 6) is 1.20. The van der Waals surface area contributed by atoms with Crippen LogP contribution in [0.15, 0.2) is 59.1 Å². The largest absolute Gasteiger partial charge is 0.439 e. The van der Waals surface area contributed by atoms with Gasteiger partial charge in [-0.15, -0.1) is 0 Å². The Labute approximate surface area is 191 Å². The van der Waals surface area contributed by atoms with Gasteiger partial charge in [-0.25, -0.2) is 4.98 Å². The number of Topliss-reactive ketones (excluding diaryl/α,β-unsaturated/α-hetero) is 2. The van der Waals surface area contributed by atoms with Gasteiger partial charge in [-0.05, 0) is 74.1 Å². The van der Waals surface area contributed by atoms with Gasteiger partial charge in [-0.3, -0.25) is 9.59 Å². The van der Waals surface area contributed by atoms with Crippen LogP contribution in [0.25, 0.3) is 22.0 Å². The number of benzene rings is 2. The highest BCUT2D eigenvalue weighted by Crippen LogP contribution is 2.85. The molecule has 0 N–H and O–H groups in total. The van der Waals surface area contributed by atoms with Gasteiger partial charge < -0.3 is 8.98 Å². The standard InChI is InChI=1S/C28H26N2O3/c1-18(31)26-15-28(16-26,17-26)27(10-11-27)13-22(32)20-6-4-5-19-9-12-30(25(19)20)14-24-29-21-7-2-3-8-23(21)33-24/h2-9,12H,10-11,13-17H2,1H3. The minimum Gasteiger partial charge on any atom is -0.439 e. The highest BCUT2D eigenvalue weighted by atomic mass is 16.3. The van der Waals surface area contributed by atoms with E-state index in [4.69, 9.17) is 4.42 Å². The van der Waals surface area contributed by atoms with Gasteiger partial charge in [0.15, 0.2) is 11.4 Å². The second-order valence-corrected chi connectivity index (χ2v) is 10.8. The van der Waals surface area contributed by atoms with E-state index in [9.17, 15) is 9.59 Å². The zero-order valence-corrected chi connectivity index (χ0v) is 18.8. The number of hydrogen-bond acceptors (Lipinski definition) is 4. The van der Waals surface area contributed by atoms with Crippen molar-refractivity contribution in [2.75, 3.05) is 0 Å². The highest BCUT2D eigenvalue weighted by Gasteiger charge is 2.79. The van der Waals surface area contributed by atoms with Crippen LogP contribution in [0.5, 0.6) is 0 Å². The summed E-state index contributed by atoms with van der Waals surface area (Å²) in [6.45, 7) is 2.22. The summed E-state index contributed by atoms with van der Waals surface area (Å²) in [7, 11) is 0. The number of oxazole rings is 1. The molecule has 0 aliphatic heterocycles. The Bertz CT molecular complexity index is 1420. The lowest BCUT2D eigenvalue weighted by molar-refractivity contribution is -0.233. The Kier molecular flexibility index (Phi) is 3.63. The van der Waals surface area contributed by atoms with E-state index in [0.29, 0.717) is 24.6 Å². The van der Waals surface area contributed by atoms with E-state index in [1.165, 1.54) is 0 Å². The Morgan fingerprint density at radius 2 is 1.82 bits per heavy atom. The molecular weight excluding hydrogens is 412 g/mol. The van der Waals surface area contributed by atoms with Crippen molar-refractivity contribution in [2.45, 2.75) is 52.0 Å². The molecule has 2 aromatic carbocycles. The first-order valence-electron chi connectivity index (χ1n) is 11.9. The summed E-state index contributed by atoms with van der Waals surface area (Å²) in [5.41, 5.74) is 3.66. The topological polar surface area (TPSA) is 65.1 Å². The van der Waals surface area contributed by atoms with Crippen molar-refractivity contribution >= 4 is 33.6 Å². The average molecular weight is 439 g/mol. The van der Waals surface area contributed by atoms with E-state index < -0.39 is 0 Å². The minimum absolute atomic E-state index is 0.0487. The molecule has 8 rings (SSSR count). The molecule has 5 nitrogen and oxygen atoms in total. The molecule has 0 atom stereocenters. The smallest absolute Gasteiger partial charge is 0.215 e. The highest BCUT2D eigenvalue weighted by molar-refractivity contribution is 6.07. The lowest BCUT2D eigenvalue weighted by Crippen LogP contribution is -2.68. The fourth-order valence-electron chi connectivity index (χ4n) is 6.92. The number of carbonyl (C=O) groups excluding carboxylic acids is 2. The second kappa shape index (κ2) is 6.22. The summed E-state index contributed by atoms with van der Waals surface area (Å²) >= 11 is 0. The number of ketones is 2. The van der Waals surface area contributed by atoms with Crippen LogP contribution in [0.1, 0.15) is 61.7 Å². The molecule has 166 valence electrons. The summed E-state index contributed by atoms with van der Waals surface area (Å²) in [6.07, 6.45) is 7.84. The van der Waals surface area contributed by atoms with Gasteiger partial charge in [0.25, 0.3) is 0 Å². The van der Waals surface area contributed by atoms with Crippen molar-refractivity contribution in [1.29, 1.82) is 0 Å². The summed E-state index contributed by atoms with van der Waals surface area (Å²) in [5, 5.41) is 1.06. The van der Waals surface area contributed by atoms with E-state index in [-0.39, 0.29) is 22.0 Å². The molecule has 4 saturated carbocycles. The maximum absolute atomic E-state index is 13.7. The third-order valence-corrected chi connectivity index (χ3v) is 8.99. The molecule has 4 aliphatic carbocycles. The number of para-hydroxylation sites is 3. The number of hydrogen-bond donors (Lipinski definition) is 0. The molecule has 0 radical (unpaired) electrons. The van der Waals surface area contributed by atoms with Crippen LogP contribution in [0.3, 0.4) is 0 Å². The van der Waals surface area contributed by atoms with Crippen LogP contribution in [0, 0.1) is 16.2 Å². The van der Waals surface area contributed by atoms with E-state index in [1.54, 1.807) is 6.92 Å². The quantitative estimate of drug-likeness (QED) is 0.335. The van der Waals surface area contributed by atoms with Gasteiger partial charge in [0.2, 0.25) is 5.89 Å². The maximum atomic E-state index is 13.7. The monoisotopic (exact) mass is 438 g/mol. The minimum atomic E-state index is -0.0487. The number of nitrogens with zero attached hydrogens (tertiary/aromatic N) is 2. The van der Waals surface area contributed by atoms with Crippen LogP contribution in [-0.4, -0.2) is 21.1 Å². The lowest BCUT2D eigenvalue weighted by atomic mass is 9.30. The molecule has 2 heterocycles. The van der Waals surface area contributed by atoms with Crippen LogP contribution in [0.2, 0.25) is 0 Å². The van der Waals surface area contributed by atoms with Crippen molar-refractivity contribution in [3.63, 3.8) is 0 Å². The Hall–Kier alpha value is -3.21. The second-order valence-electron chi connectivity index (χ2n) is 10.8. The average Bonchev–Trinajstić information content (AvgIpc) is 3.19. The van der Waals surface area contributed by atoms with Gasteiger partial charge in [0, 0.05) is 29.0 Å². The molecule has 0 spiro atoms. The summed E-state index contributed by atoms with van der Waals surface area (Å²) < 4.78 is 8.02. The van der Waals surface area contributed by atoms with Gasteiger partial charge in [0.1, 0.15) is 11.3 Å². The summed E-state index contributed by atoms with van der Waals surface area (Å²) in [4.78, 5) is 30.3. The first-order valence-corrected chi connectivity index (χ1v) is 11.9. The third kappa shape index (κ3) is 2.56. The SMILES string of the molecule is CC(=O)C12CC(C3(CC(=O)c4cccc5ccn(Cc6nc7ccccc7o6)c45)CC3)(C1)C2. The molecule has 2 aromatic heterocycles. The third-order valence-electron chi connectivity index (χ3n) is 8.99. The van der Waals surface area contributed by atoms with Crippen molar-refractivity contribution < 1.29 is 14.0 Å². The van der Waals surface area contributed by atoms with Crippen LogP contribution in [0.4, 0.5) is 0 Å². The molecule has 4 fully saturated rings. The van der Waals surface area contributed by atoms with E-state index in [1.807, 2.05) is 42.6 Å². The molecule has 0 amide bonds. The zero-order valence-electron chi connectivity index (χ0n) is 18.8. The fourth-order valence-corrected chi connectivity index (χ4v) is 6.92. The maximum Gasteiger partial charge on any atom is 0.215 e. The van der Waals surface area contributed by atoms with E-state index >= 15 is 0 Å². The predicted octanol–water partition coefficient (Wildman–Crippen LogP) is 5.94. The zero-order chi connectivity index (χ0) is 22.4. The number of rotatable bonds is 7. The number of aromatic nitrogens is 2. The van der Waals surface area contributed by atoms with Crippen molar-refractivity contribution in [3.8, 4) is 0 Å². The molecule has 4 aromatic rings. The van der Waals surface area contributed by atoms with Crippen molar-refractivity contribution in [1.82, 2.24) is 9.55 Å². The van der Waals surface area contributed by atoms with Crippen LogP contribution >= 0.6 is 0 Å². The van der Waals surface area contributed by atoms with Gasteiger partial charge in [0.05, 0.1) is 12.1 Å². The van der Waals surface area contributed by atoms with Gasteiger partial charge >= 0.3 is 0 Å². The normalized spacial score (nSPS) is 26.7. The Balaban J connectivity index is 1.18. The molecule has 0 saturated heterocycles. The molecule has 4 aliphatic rings. The lowest BCUT2D eigenvalue weighted by Gasteiger charge is -2.73. The molecular formula is C28H26N2O3. The number of carbonyl (C=O) groups is 2. The first-order chi connectivity index (χ1) is 15.9. The Morgan fingerprint density at radius 1 is 1.03 bits per heavy atom. The summed E-state index contributed by atoms with van der Waals surface area (Å²) in [6, 6.07) is 15.8. The van der Waals surface area contributed by atoms with Crippen molar-refractivity contribution in [3.05, 3.63) is 66.2 Å². The molecule has 2 bridgehead atoms. The first kappa shape index (κ1) is 19.3. The van der Waals surface area contributed by atoms with Crippen LogP contribution in [-0.2, 0) is 11.3 Å². The number of fused-ring (bicyclic) bond motifs is 2. The Morgan fingerprint density at radius 3 is 2.55 bits per heavy atom. The fraction of sp³-hybridized carbons (Fsp3) is 0.393. The van der Waals surface area contributed by atoms with E-state index in [0.717, 1.165) is 59.7 Å². The van der Waals surface area contributed by atoms with E-state index in [2.05, 4.69) is 21.7 Å².